The van der Waals surface area contributed by atoms with E-state index in [1.54, 1.807) is 13.0 Å². The van der Waals surface area contributed by atoms with Gasteiger partial charge in [0.1, 0.15) is 6.61 Å². The van der Waals surface area contributed by atoms with Gasteiger partial charge in [-0.05, 0) is 49.6 Å². The number of hydrogen-bond donors (Lipinski definition) is 2. The fourth-order valence-corrected chi connectivity index (χ4v) is 4.68. The van der Waals surface area contributed by atoms with Crippen molar-refractivity contribution in [2.75, 3.05) is 39.5 Å². The van der Waals surface area contributed by atoms with Gasteiger partial charge in [-0.2, -0.15) is 13.2 Å². The number of rotatable bonds is 9. The second-order valence-corrected chi connectivity index (χ2v) is 8.55. The SMILES string of the molecule is Cc1ccc(OCCNCCCF)c(F)c1[C@@H]1c2[nH]c3ccccc3c2CCN1CC(F)(F)F. The maximum absolute atomic E-state index is 15.8. The number of aromatic nitrogens is 1. The van der Waals surface area contributed by atoms with Crippen molar-refractivity contribution in [1.82, 2.24) is 15.2 Å². The standard InChI is InChI=1S/C25H28F5N3O/c1-16-7-8-20(34-14-12-31-11-4-10-26)22(27)21(16)24-23-18(9-13-33(24)15-25(28,29)30)17-5-2-3-6-19(17)32-23/h2-3,5-8,24,31-32H,4,9-15H2,1H3/t24-/m1/s1. The molecule has 1 atom stereocenters. The number of benzene rings is 2. The van der Waals surface area contributed by atoms with E-state index in [1.807, 2.05) is 24.3 Å². The first-order valence-electron chi connectivity index (χ1n) is 11.4. The number of ether oxygens (including phenoxy) is 1. The number of para-hydroxylation sites is 1. The molecule has 4 nitrogen and oxygen atoms in total. The van der Waals surface area contributed by atoms with Crippen LogP contribution < -0.4 is 10.1 Å². The summed E-state index contributed by atoms with van der Waals surface area (Å²) in [7, 11) is 0. The lowest BCUT2D eigenvalue weighted by molar-refractivity contribution is -0.150. The van der Waals surface area contributed by atoms with Crippen molar-refractivity contribution in [3.63, 3.8) is 0 Å². The van der Waals surface area contributed by atoms with E-state index in [0.717, 1.165) is 16.5 Å². The van der Waals surface area contributed by atoms with Gasteiger partial charge in [0.25, 0.3) is 0 Å². The topological polar surface area (TPSA) is 40.3 Å². The summed E-state index contributed by atoms with van der Waals surface area (Å²) in [5.74, 6) is -0.671. The minimum absolute atomic E-state index is 0.0110. The summed E-state index contributed by atoms with van der Waals surface area (Å²) in [5, 5.41) is 3.94. The smallest absolute Gasteiger partial charge is 0.401 e. The highest BCUT2D eigenvalue weighted by atomic mass is 19.4. The first kappa shape index (κ1) is 24.5. The molecule has 1 aromatic heterocycles. The number of fused-ring (bicyclic) bond motifs is 3. The van der Waals surface area contributed by atoms with Crippen molar-refractivity contribution in [1.29, 1.82) is 0 Å². The second kappa shape index (κ2) is 10.3. The van der Waals surface area contributed by atoms with Crippen LogP contribution in [0.2, 0.25) is 0 Å². The molecule has 4 rings (SSSR count). The third-order valence-corrected chi connectivity index (χ3v) is 6.18. The number of nitrogens with zero attached hydrogens (tertiary/aromatic N) is 1. The zero-order valence-electron chi connectivity index (χ0n) is 18.9. The molecule has 0 radical (unpaired) electrons. The molecular formula is C25H28F5N3O. The van der Waals surface area contributed by atoms with Crippen LogP contribution in [-0.4, -0.2) is 55.5 Å². The van der Waals surface area contributed by atoms with E-state index in [2.05, 4.69) is 10.3 Å². The Balaban J connectivity index is 1.71. The van der Waals surface area contributed by atoms with Crippen LogP contribution in [0.25, 0.3) is 10.9 Å². The van der Waals surface area contributed by atoms with E-state index in [-0.39, 0.29) is 24.5 Å². The summed E-state index contributed by atoms with van der Waals surface area (Å²) in [5.41, 5.74) is 3.05. The van der Waals surface area contributed by atoms with Gasteiger partial charge in [-0.1, -0.05) is 24.3 Å². The number of hydrogen-bond acceptors (Lipinski definition) is 3. The Morgan fingerprint density at radius 2 is 1.94 bits per heavy atom. The Kier molecular flexibility index (Phi) is 7.42. The van der Waals surface area contributed by atoms with Crippen LogP contribution in [0, 0.1) is 12.7 Å². The molecule has 2 heterocycles. The number of alkyl halides is 4. The van der Waals surface area contributed by atoms with E-state index in [9.17, 15) is 17.6 Å². The molecule has 3 aromatic rings. The van der Waals surface area contributed by atoms with Gasteiger partial charge in [0.15, 0.2) is 11.6 Å². The molecule has 0 spiro atoms. The molecule has 1 aliphatic heterocycles. The molecule has 0 unspecified atom stereocenters. The minimum Gasteiger partial charge on any atom is -0.489 e. The first-order valence-corrected chi connectivity index (χ1v) is 11.4. The average molecular weight is 482 g/mol. The minimum atomic E-state index is -4.43. The molecule has 1 aliphatic rings. The maximum atomic E-state index is 15.8. The summed E-state index contributed by atoms with van der Waals surface area (Å²) >= 11 is 0. The van der Waals surface area contributed by atoms with Gasteiger partial charge >= 0.3 is 6.18 Å². The third kappa shape index (κ3) is 5.20. The van der Waals surface area contributed by atoms with Gasteiger partial charge in [-0.3, -0.25) is 9.29 Å². The number of aromatic amines is 1. The molecule has 0 saturated carbocycles. The molecule has 2 aromatic carbocycles. The van der Waals surface area contributed by atoms with Crippen LogP contribution >= 0.6 is 0 Å². The van der Waals surface area contributed by atoms with Crippen LogP contribution in [0.3, 0.4) is 0 Å². The second-order valence-electron chi connectivity index (χ2n) is 8.55. The lowest BCUT2D eigenvalue weighted by Gasteiger charge is -2.37. The molecule has 0 bridgehead atoms. The Bertz CT molecular complexity index is 1130. The van der Waals surface area contributed by atoms with E-state index in [1.165, 1.54) is 11.0 Å². The molecule has 0 amide bonds. The Morgan fingerprint density at radius 1 is 1.15 bits per heavy atom. The van der Waals surface area contributed by atoms with Crippen LogP contribution in [0.4, 0.5) is 22.0 Å². The van der Waals surface area contributed by atoms with Gasteiger partial charge in [0, 0.05) is 35.2 Å². The average Bonchev–Trinajstić information content (AvgIpc) is 3.16. The maximum Gasteiger partial charge on any atom is 0.401 e. The molecule has 34 heavy (non-hydrogen) atoms. The van der Waals surface area contributed by atoms with Crippen molar-refractivity contribution in [2.45, 2.75) is 32.0 Å². The number of halogens is 5. The normalized spacial score (nSPS) is 16.7. The highest BCUT2D eigenvalue weighted by molar-refractivity contribution is 5.85. The Labute approximate surface area is 195 Å². The number of nitrogens with one attached hydrogen (secondary N) is 2. The molecular weight excluding hydrogens is 453 g/mol. The lowest BCUT2D eigenvalue weighted by Crippen LogP contribution is -2.42. The highest BCUT2D eigenvalue weighted by Crippen LogP contribution is 2.42. The quantitative estimate of drug-likeness (QED) is 0.315. The van der Waals surface area contributed by atoms with E-state index >= 15 is 4.39 Å². The van der Waals surface area contributed by atoms with Crippen LogP contribution in [0.15, 0.2) is 36.4 Å². The molecule has 184 valence electrons. The monoisotopic (exact) mass is 481 g/mol. The van der Waals surface area contributed by atoms with Crippen molar-refractivity contribution < 1.29 is 26.7 Å². The van der Waals surface area contributed by atoms with Crippen LogP contribution in [0.5, 0.6) is 5.75 Å². The molecule has 2 N–H and O–H groups in total. The van der Waals surface area contributed by atoms with Crippen molar-refractivity contribution in [3.8, 4) is 5.75 Å². The predicted molar refractivity (Wildman–Crippen MR) is 122 cm³/mol. The van der Waals surface area contributed by atoms with Gasteiger partial charge in [0.2, 0.25) is 0 Å². The van der Waals surface area contributed by atoms with Crippen molar-refractivity contribution in [3.05, 3.63) is 64.6 Å². The Morgan fingerprint density at radius 3 is 2.71 bits per heavy atom. The van der Waals surface area contributed by atoms with Crippen molar-refractivity contribution in [2.24, 2.45) is 0 Å². The zero-order chi connectivity index (χ0) is 24.3. The summed E-state index contributed by atoms with van der Waals surface area (Å²) in [6.45, 7) is 1.33. The summed E-state index contributed by atoms with van der Waals surface area (Å²) in [4.78, 5) is 4.55. The number of H-pyrrole nitrogens is 1. The summed E-state index contributed by atoms with van der Waals surface area (Å²) in [6.07, 6.45) is -3.61. The summed E-state index contributed by atoms with van der Waals surface area (Å²) < 4.78 is 74.0. The molecule has 0 aliphatic carbocycles. The highest BCUT2D eigenvalue weighted by Gasteiger charge is 2.40. The molecule has 9 heteroatoms. The van der Waals surface area contributed by atoms with Crippen molar-refractivity contribution >= 4 is 10.9 Å². The first-order chi connectivity index (χ1) is 16.3. The largest absolute Gasteiger partial charge is 0.489 e. The predicted octanol–water partition coefficient (Wildman–Crippen LogP) is 5.45. The lowest BCUT2D eigenvalue weighted by atomic mass is 9.89. The third-order valence-electron chi connectivity index (χ3n) is 6.18. The fourth-order valence-electron chi connectivity index (χ4n) is 4.68. The van der Waals surface area contributed by atoms with Gasteiger partial charge in [0.05, 0.1) is 19.3 Å². The van der Waals surface area contributed by atoms with Gasteiger partial charge in [-0.15, -0.1) is 0 Å². The number of aryl methyl sites for hydroxylation is 1. The Hall–Kier alpha value is -2.65. The van der Waals surface area contributed by atoms with Crippen LogP contribution in [0.1, 0.15) is 34.8 Å². The van der Waals surface area contributed by atoms with Gasteiger partial charge < -0.3 is 15.0 Å². The summed E-state index contributed by atoms with van der Waals surface area (Å²) in [6, 6.07) is 9.79. The zero-order valence-corrected chi connectivity index (χ0v) is 18.9. The van der Waals surface area contributed by atoms with Gasteiger partial charge in [-0.25, -0.2) is 4.39 Å². The van der Waals surface area contributed by atoms with E-state index < -0.39 is 31.3 Å². The molecule has 0 fully saturated rings. The van der Waals surface area contributed by atoms with E-state index in [4.69, 9.17) is 4.74 Å². The van der Waals surface area contributed by atoms with E-state index in [0.29, 0.717) is 37.2 Å². The molecule has 0 saturated heterocycles. The fraction of sp³-hybridized carbons (Fsp3) is 0.440. The van der Waals surface area contributed by atoms with Crippen LogP contribution in [-0.2, 0) is 6.42 Å².